The van der Waals surface area contributed by atoms with Crippen LogP contribution < -0.4 is 16.4 Å². The van der Waals surface area contributed by atoms with E-state index in [1.807, 2.05) is 32.0 Å². The SMILES string of the molecule is CCCCCCCN(C(=O)C(CCC(N)=O)NC(=O)OC(C)(C)C)C(C(=O)NCCCCC)c1cc(C)cc(C)c1. The molecule has 4 N–H and O–H groups in total. The van der Waals surface area contributed by atoms with Crippen molar-refractivity contribution in [3.63, 3.8) is 0 Å². The van der Waals surface area contributed by atoms with Crippen LogP contribution in [0.5, 0.6) is 0 Å². The summed E-state index contributed by atoms with van der Waals surface area (Å²) in [6, 6.07) is 3.90. The van der Waals surface area contributed by atoms with Crippen molar-refractivity contribution in [1.29, 1.82) is 0 Å². The van der Waals surface area contributed by atoms with E-state index in [1.54, 1.807) is 25.7 Å². The molecule has 0 aliphatic carbocycles. The molecular weight excluding hydrogens is 520 g/mol. The van der Waals surface area contributed by atoms with Gasteiger partial charge in [0.15, 0.2) is 0 Å². The summed E-state index contributed by atoms with van der Waals surface area (Å²) in [6.07, 6.45) is 6.79. The van der Waals surface area contributed by atoms with Crippen molar-refractivity contribution in [2.24, 2.45) is 5.73 Å². The van der Waals surface area contributed by atoms with Crippen LogP contribution in [0.1, 0.15) is 122 Å². The largest absolute Gasteiger partial charge is 0.444 e. The zero-order valence-electron chi connectivity index (χ0n) is 26.4. The number of carbonyl (C=O) groups is 4. The maximum absolute atomic E-state index is 14.3. The Morgan fingerprint density at radius 2 is 1.49 bits per heavy atom. The maximum atomic E-state index is 14.3. The molecule has 0 saturated carbocycles. The Bertz CT molecular complexity index is 969. The van der Waals surface area contributed by atoms with E-state index in [9.17, 15) is 19.2 Å². The number of nitrogens with zero attached hydrogens (tertiary/aromatic N) is 1. The van der Waals surface area contributed by atoms with Gasteiger partial charge in [-0.3, -0.25) is 14.4 Å². The van der Waals surface area contributed by atoms with Crippen molar-refractivity contribution in [3.05, 3.63) is 34.9 Å². The Kier molecular flexibility index (Phi) is 16.1. The lowest BCUT2D eigenvalue weighted by atomic mass is 9.97. The quantitative estimate of drug-likeness (QED) is 0.196. The van der Waals surface area contributed by atoms with Crippen molar-refractivity contribution in [3.8, 4) is 0 Å². The van der Waals surface area contributed by atoms with Crippen LogP contribution in [-0.4, -0.2) is 53.4 Å². The molecule has 1 aromatic rings. The number of carbonyl (C=O) groups excluding carboxylic acids is 4. The summed E-state index contributed by atoms with van der Waals surface area (Å²) in [4.78, 5) is 54.1. The third-order valence-electron chi connectivity index (χ3n) is 6.65. The summed E-state index contributed by atoms with van der Waals surface area (Å²) in [5.41, 5.74) is 7.32. The Balaban J connectivity index is 3.51. The van der Waals surface area contributed by atoms with E-state index in [1.165, 1.54) is 0 Å². The number of unbranched alkanes of at least 4 members (excludes halogenated alkanes) is 6. The molecular formula is C32H54N4O5. The molecule has 0 heterocycles. The predicted molar refractivity (Wildman–Crippen MR) is 163 cm³/mol. The highest BCUT2D eigenvalue weighted by molar-refractivity contribution is 5.92. The van der Waals surface area contributed by atoms with Crippen molar-refractivity contribution in [2.45, 2.75) is 130 Å². The number of primary amides is 1. The molecule has 0 radical (unpaired) electrons. The third-order valence-corrected chi connectivity index (χ3v) is 6.65. The second-order valence-corrected chi connectivity index (χ2v) is 12.0. The molecule has 9 nitrogen and oxygen atoms in total. The highest BCUT2D eigenvalue weighted by Crippen LogP contribution is 2.26. The van der Waals surface area contributed by atoms with Gasteiger partial charge in [0, 0.05) is 19.5 Å². The number of benzene rings is 1. The van der Waals surface area contributed by atoms with Gasteiger partial charge in [-0.2, -0.15) is 0 Å². The first-order valence-electron chi connectivity index (χ1n) is 15.2. The normalized spacial score (nSPS) is 12.8. The monoisotopic (exact) mass is 574 g/mol. The number of rotatable bonds is 18. The van der Waals surface area contributed by atoms with Crippen molar-refractivity contribution < 1.29 is 23.9 Å². The van der Waals surface area contributed by atoms with E-state index in [-0.39, 0.29) is 18.7 Å². The summed E-state index contributed by atoms with van der Waals surface area (Å²) in [6.45, 7) is 14.2. The summed E-state index contributed by atoms with van der Waals surface area (Å²) in [7, 11) is 0. The van der Waals surface area contributed by atoms with E-state index in [0.29, 0.717) is 25.1 Å². The number of hydrogen-bond acceptors (Lipinski definition) is 5. The van der Waals surface area contributed by atoms with Crippen molar-refractivity contribution >= 4 is 23.8 Å². The number of aryl methyl sites for hydroxylation is 2. The van der Waals surface area contributed by atoms with Gasteiger partial charge in [0.25, 0.3) is 0 Å². The molecule has 232 valence electrons. The van der Waals surface area contributed by atoms with Gasteiger partial charge in [-0.1, -0.05) is 81.7 Å². The lowest BCUT2D eigenvalue weighted by Gasteiger charge is -2.35. The summed E-state index contributed by atoms with van der Waals surface area (Å²) >= 11 is 0. The minimum absolute atomic E-state index is 0.00255. The second-order valence-electron chi connectivity index (χ2n) is 12.0. The number of hydrogen-bond donors (Lipinski definition) is 3. The molecule has 0 aromatic heterocycles. The zero-order valence-corrected chi connectivity index (χ0v) is 26.4. The van der Waals surface area contributed by atoms with E-state index in [4.69, 9.17) is 10.5 Å². The smallest absolute Gasteiger partial charge is 0.408 e. The summed E-state index contributed by atoms with van der Waals surface area (Å²) in [5, 5.41) is 5.70. The fourth-order valence-electron chi connectivity index (χ4n) is 4.77. The van der Waals surface area contributed by atoms with E-state index < -0.39 is 35.6 Å². The van der Waals surface area contributed by atoms with Crippen LogP contribution in [0.15, 0.2) is 18.2 Å². The summed E-state index contributed by atoms with van der Waals surface area (Å²) < 4.78 is 5.41. The minimum atomic E-state index is -1.09. The Morgan fingerprint density at radius 1 is 0.902 bits per heavy atom. The lowest BCUT2D eigenvalue weighted by Crippen LogP contribution is -2.53. The first kappa shape index (κ1) is 35.9. The molecule has 2 unspecified atom stereocenters. The molecule has 1 rings (SSSR count). The number of nitrogens with one attached hydrogen (secondary N) is 2. The Hall–Kier alpha value is -3.10. The van der Waals surface area contributed by atoms with Gasteiger partial charge in [0.1, 0.15) is 17.7 Å². The third kappa shape index (κ3) is 14.4. The first-order chi connectivity index (χ1) is 19.3. The Labute approximate surface area is 247 Å². The van der Waals surface area contributed by atoms with Crippen LogP contribution in [0.3, 0.4) is 0 Å². The van der Waals surface area contributed by atoms with Crippen LogP contribution in [0.4, 0.5) is 4.79 Å². The van der Waals surface area contributed by atoms with Crippen LogP contribution >= 0.6 is 0 Å². The number of alkyl carbamates (subject to hydrolysis) is 1. The van der Waals surface area contributed by atoms with Crippen LogP contribution in [0.2, 0.25) is 0 Å². The lowest BCUT2D eigenvalue weighted by molar-refractivity contribution is -0.142. The van der Waals surface area contributed by atoms with Gasteiger partial charge < -0.3 is 26.0 Å². The number of ether oxygens (including phenoxy) is 1. The molecule has 41 heavy (non-hydrogen) atoms. The van der Waals surface area contributed by atoms with Crippen molar-refractivity contribution in [1.82, 2.24) is 15.5 Å². The van der Waals surface area contributed by atoms with Crippen LogP contribution in [0, 0.1) is 13.8 Å². The molecule has 0 bridgehead atoms. The molecule has 0 fully saturated rings. The maximum Gasteiger partial charge on any atom is 0.408 e. The first-order valence-corrected chi connectivity index (χ1v) is 15.2. The highest BCUT2D eigenvalue weighted by Gasteiger charge is 2.36. The van der Waals surface area contributed by atoms with E-state index >= 15 is 0 Å². The molecule has 2 atom stereocenters. The molecule has 0 aliphatic rings. The van der Waals surface area contributed by atoms with Crippen molar-refractivity contribution in [2.75, 3.05) is 13.1 Å². The zero-order chi connectivity index (χ0) is 31.0. The fraction of sp³-hybridized carbons (Fsp3) is 0.688. The highest BCUT2D eigenvalue weighted by atomic mass is 16.6. The molecule has 1 aromatic carbocycles. The average molecular weight is 575 g/mol. The van der Waals surface area contributed by atoms with E-state index in [2.05, 4.69) is 24.5 Å². The molecule has 0 saturated heterocycles. The molecule has 9 heteroatoms. The number of nitrogens with two attached hydrogens (primary N) is 1. The molecule has 0 spiro atoms. The minimum Gasteiger partial charge on any atom is -0.444 e. The standard InChI is InChI=1S/C32H54N4O5/c1-8-10-12-13-15-19-36(30(39)26(16-17-27(33)37)35-31(40)41-32(5,6)7)28(29(38)34-18-14-11-9-2)25-21-23(3)20-24(4)22-25/h20-22,26,28H,8-19H2,1-7H3,(H2,33,37)(H,34,38)(H,35,40). The summed E-state index contributed by atoms with van der Waals surface area (Å²) in [5.74, 6) is -1.29. The van der Waals surface area contributed by atoms with E-state index in [0.717, 1.165) is 56.1 Å². The number of amides is 4. The fourth-order valence-corrected chi connectivity index (χ4v) is 4.77. The van der Waals surface area contributed by atoms with Gasteiger partial charge >= 0.3 is 6.09 Å². The van der Waals surface area contributed by atoms with Gasteiger partial charge in [0.2, 0.25) is 17.7 Å². The van der Waals surface area contributed by atoms with Gasteiger partial charge in [0.05, 0.1) is 0 Å². The van der Waals surface area contributed by atoms with Gasteiger partial charge in [-0.15, -0.1) is 0 Å². The average Bonchev–Trinajstić information content (AvgIpc) is 2.86. The molecule has 4 amide bonds. The molecule has 0 aliphatic heterocycles. The van der Waals surface area contributed by atoms with Crippen LogP contribution in [0.25, 0.3) is 0 Å². The van der Waals surface area contributed by atoms with Gasteiger partial charge in [-0.25, -0.2) is 4.79 Å². The predicted octanol–water partition coefficient (Wildman–Crippen LogP) is 5.61. The Morgan fingerprint density at radius 3 is 2.05 bits per heavy atom. The second kappa shape index (κ2) is 18.4. The van der Waals surface area contributed by atoms with Gasteiger partial charge in [-0.05, 0) is 59.4 Å². The van der Waals surface area contributed by atoms with Crippen LogP contribution in [-0.2, 0) is 19.1 Å². The topological polar surface area (TPSA) is 131 Å².